The van der Waals surface area contributed by atoms with Crippen molar-refractivity contribution < 1.29 is 17.5 Å². The molecule has 0 unspecified atom stereocenters. The Labute approximate surface area is 116 Å². The van der Waals surface area contributed by atoms with Crippen LogP contribution in [0.4, 0.5) is 0 Å². The molecule has 0 aromatic rings. The van der Waals surface area contributed by atoms with Gasteiger partial charge in [-0.05, 0) is 0 Å². The van der Waals surface area contributed by atoms with Gasteiger partial charge in [-0.3, -0.25) is 8.42 Å². The molecule has 0 aromatic heterocycles. The summed E-state index contributed by atoms with van der Waals surface area (Å²) in [5.74, 6) is 0. The summed E-state index contributed by atoms with van der Waals surface area (Å²) in [4.78, 5) is 0. The second-order valence-corrected chi connectivity index (χ2v) is 7.91. The van der Waals surface area contributed by atoms with Crippen LogP contribution in [0.3, 0.4) is 0 Å². The van der Waals surface area contributed by atoms with Gasteiger partial charge >= 0.3 is 60.3 Å². The third-order valence-corrected chi connectivity index (χ3v) is 0. The van der Waals surface area contributed by atoms with Crippen molar-refractivity contribution in [2.24, 2.45) is 0 Å². The van der Waals surface area contributed by atoms with Gasteiger partial charge in [0, 0.05) is 10.4 Å². The van der Waals surface area contributed by atoms with Crippen molar-refractivity contribution in [3.63, 3.8) is 0 Å². The first-order valence-electron chi connectivity index (χ1n) is 1.32. The Kier molecular flexibility index (Phi) is 18.5. The van der Waals surface area contributed by atoms with Gasteiger partial charge in [0.1, 0.15) is 0 Å². The van der Waals surface area contributed by atoms with Gasteiger partial charge < -0.3 is 9.11 Å². The first kappa shape index (κ1) is 18.6. The van der Waals surface area contributed by atoms with E-state index in [0.29, 0.717) is 0 Å². The molecule has 0 bridgehead atoms. The first-order chi connectivity index (χ1) is 3.73. The second-order valence-electron chi connectivity index (χ2n) is 0.656. The fraction of sp³-hybridized carbons (Fsp3) is 0. The van der Waals surface area contributed by atoms with Crippen molar-refractivity contribution in [1.29, 1.82) is 0 Å². The van der Waals surface area contributed by atoms with Crippen LogP contribution in [0, 0.1) is 0 Å². The Morgan fingerprint density at radius 2 is 1.10 bits per heavy atom. The van der Waals surface area contributed by atoms with E-state index in [-0.39, 0.29) is 48.9 Å². The summed E-state index contributed by atoms with van der Waals surface area (Å²) < 4.78 is 34.1. The molecular weight excluding hydrogens is 367 g/mol. The Morgan fingerprint density at radius 1 is 1.10 bits per heavy atom. The molecule has 0 rings (SSSR count). The summed E-state index contributed by atoms with van der Waals surface area (Å²) >= 11 is -1.72. The molecule has 0 heterocycles. The standard InChI is InChI=1S/Al.Ba.3ClH.H2O4S/c;;;;;1-5(2,3)4/h;;3*1H;(H2,1,2,3,4)/q+3;+2;;;;/p-5. The van der Waals surface area contributed by atoms with E-state index in [4.69, 9.17) is 47.7 Å². The van der Waals surface area contributed by atoms with Crippen LogP contribution in [0.1, 0.15) is 0 Å². The molecule has 56 valence electrons. The van der Waals surface area contributed by atoms with Gasteiger partial charge in [-0.15, -0.1) is 0 Å². The molecule has 0 spiro atoms. The van der Waals surface area contributed by atoms with Crippen LogP contribution >= 0.6 is 30.1 Å². The summed E-state index contributed by atoms with van der Waals surface area (Å²) in [6, 6.07) is 0. The zero-order valence-electron chi connectivity index (χ0n) is 4.46. The van der Waals surface area contributed by atoms with Crippen LogP contribution in [-0.4, -0.2) is 77.8 Å². The molecule has 0 aromatic carbocycles. The molecule has 0 aliphatic carbocycles. The zero-order valence-corrected chi connectivity index (χ0v) is 13.1. The number of hydrogen-bond acceptors (Lipinski definition) is 4. The molecule has 10 heavy (non-hydrogen) atoms. The van der Waals surface area contributed by atoms with Crippen LogP contribution in [0.2, 0.25) is 0 Å². The smallest absolute Gasteiger partial charge is 0.759 e. The molecule has 0 radical (unpaired) electrons. The molecule has 0 aliphatic rings. The van der Waals surface area contributed by atoms with E-state index in [9.17, 15) is 0 Å². The van der Waals surface area contributed by atoms with Crippen molar-refractivity contribution in [1.82, 2.24) is 0 Å². The summed E-state index contributed by atoms with van der Waals surface area (Å²) in [6.07, 6.45) is 0. The van der Waals surface area contributed by atoms with Crippen molar-refractivity contribution in [3.05, 3.63) is 0 Å². The quantitative estimate of drug-likeness (QED) is 0.342. The van der Waals surface area contributed by atoms with E-state index in [1.807, 2.05) is 0 Å². The van der Waals surface area contributed by atoms with Gasteiger partial charge in [0.15, 0.2) is 0 Å². The van der Waals surface area contributed by atoms with Crippen molar-refractivity contribution in [2.75, 3.05) is 0 Å². The van der Waals surface area contributed by atoms with Crippen LogP contribution in [0.15, 0.2) is 0 Å². The van der Waals surface area contributed by atoms with Gasteiger partial charge in [-0.2, -0.15) is 0 Å². The Balaban J connectivity index is -0.0000000910. The molecule has 10 heteroatoms. The predicted octanol–water partition coefficient (Wildman–Crippen LogP) is -0.0311. The van der Waals surface area contributed by atoms with E-state index in [1.165, 1.54) is 0 Å². The maximum absolute atomic E-state index is 8.52. The van der Waals surface area contributed by atoms with E-state index < -0.39 is 21.8 Å². The minimum Gasteiger partial charge on any atom is -0.759 e. The number of rotatable bonds is 0. The minimum atomic E-state index is -5.17. The fourth-order valence-corrected chi connectivity index (χ4v) is 0. The summed E-state index contributed by atoms with van der Waals surface area (Å²) in [7, 11) is 9.67. The fourth-order valence-electron chi connectivity index (χ4n) is 0. The SMILES string of the molecule is O=S(=O)([O-])[O-].[Ba+2].[Cl][Al]([Cl])[Cl]. The topological polar surface area (TPSA) is 80.3 Å². The van der Waals surface area contributed by atoms with E-state index in [1.54, 1.807) is 0 Å². The molecule has 0 N–H and O–H groups in total. The Hall–Kier alpha value is 2.84. The van der Waals surface area contributed by atoms with Gasteiger partial charge in [0.25, 0.3) is 0 Å². The van der Waals surface area contributed by atoms with E-state index >= 15 is 0 Å². The average molecular weight is 367 g/mol. The van der Waals surface area contributed by atoms with Crippen LogP contribution in [-0.2, 0) is 10.4 Å². The Morgan fingerprint density at radius 3 is 1.10 bits per heavy atom. The minimum absolute atomic E-state index is 0. The first-order valence-corrected chi connectivity index (χ1v) is 7.89. The third kappa shape index (κ3) is 130. The number of halogens is 3. The summed E-state index contributed by atoms with van der Waals surface area (Å²) in [6.45, 7) is 0. The van der Waals surface area contributed by atoms with Gasteiger partial charge in [0.05, 0.1) is 0 Å². The molecule has 0 aliphatic heterocycles. The zero-order chi connectivity index (χ0) is 8.08. The summed E-state index contributed by atoms with van der Waals surface area (Å²) in [5.41, 5.74) is 0. The monoisotopic (exact) mass is 366 g/mol. The van der Waals surface area contributed by atoms with Crippen molar-refractivity contribution in [2.45, 2.75) is 0 Å². The maximum Gasteiger partial charge on any atom is 2.00 e. The molecule has 0 saturated carbocycles. The molecular formula is AlBaCl3O4S. The van der Waals surface area contributed by atoms with Gasteiger partial charge in [-0.25, -0.2) is 30.1 Å². The Bertz CT molecular complexity index is 132. The molecule has 4 nitrogen and oxygen atoms in total. The van der Waals surface area contributed by atoms with E-state index in [0.717, 1.165) is 0 Å². The van der Waals surface area contributed by atoms with Crippen LogP contribution < -0.4 is 0 Å². The molecule has 0 amide bonds. The largest absolute Gasteiger partial charge is 2.00 e. The normalized spacial score (nSPS) is 8.50. The molecule has 0 atom stereocenters. The molecule has 0 fully saturated rings. The summed E-state index contributed by atoms with van der Waals surface area (Å²) in [5, 5.41) is 0. The maximum atomic E-state index is 8.52. The van der Waals surface area contributed by atoms with Crippen LogP contribution in [0.5, 0.6) is 0 Å². The average Bonchev–Trinajstić information content (AvgIpc) is 1.19. The number of hydrogen-bond donors (Lipinski definition) is 0. The molecule has 0 saturated heterocycles. The predicted molar refractivity (Wildman–Crippen MR) is 39.5 cm³/mol. The van der Waals surface area contributed by atoms with E-state index in [2.05, 4.69) is 0 Å². The third-order valence-electron chi connectivity index (χ3n) is 0. The van der Waals surface area contributed by atoms with Gasteiger partial charge in [0.2, 0.25) is 0 Å². The second kappa shape index (κ2) is 9.93. The van der Waals surface area contributed by atoms with Crippen molar-refractivity contribution in [3.8, 4) is 0 Å². The van der Waals surface area contributed by atoms with Crippen molar-refractivity contribution >= 4 is 101 Å². The van der Waals surface area contributed by atoms with Crippen LogP contribution in [0.25, 0.3) is 0 Å². The van der Waals surface area contributed by atoms with Gasteiger partial charge in [-0.1, -0.05) is 0 Å².